The molecule has 0 unspecified atom stereocenters. The highest BCUT2D eigenvalue weighted by Crippen LogP contribution is 2.46. The van der Waals surface area contributed by atoms with Crippen molar-refractivity contribution < 1.29 is 14.1 Å². The van der Waals surface area contributed by atoms with Gasteiger partial charge in [-0.2, -0.15) is 5.26 Å². The number of benzene rings is 4. The molecule has 1 heterocycles. The second-order valence-electron chi connectivity index (χ2n) is 8.18. The van der Waals surface area contributed by atoms with E-state index in [-0.39, 0.29) is 10.8 Å². The van der Waals surface area contributed by atoms with Crippen molar-refractivity contribution in [2.45, 2.75) is 4.90 Å². The third kappa shape index (κ3) is 4.96. The number of nitrogens with zero attached hydrogens (tertiary/aromatic N) is 2. The van der Waals surface area contributed by atoms with Crippen LogP contribution in [0.1, 0.15) is 15.9 Å². The monoisotopic (exact) mass is 536 g/mol. The minimum absolute atomic E-state index is 0.0600. The van der Waals surface area contributed by atoms with E-state index in [1.165, 1.54) is 12.1 Å². The number of hydrogen-bond acceptors (Lipinski definition) is 6. The summed E-state index contributed by atoms with van der Waals surface area (Å²) in [4.78, 5) is 24.5. The van der Waals surface area contributed by atoms with Crippen molar-refractivity contribution in [3.05, 3.63) is 129 Å². The molecule has 0 saturated heterocycles. The largest absolute Gasteiger partial charge is 0.454 e. The summed E-state index contributed by atoms with van der Waals surface area (Å²) in [7, 11) is 0. The normalized spacial score (nSPS) is 10.6. The Morgan fingerprint density at radius 1 is 0.842 bits per heavy atom. The van der Waals surface area contributed by atoms with Gasteiger partial charge in [0.25, 0.3) is 5.69 Å². The van der Waals surface area contributed by atoms with Crippen molar-refractivity contribution in [2.24, 2.45) is 0 Å². The lowest BCUT2D eigenvalue weighted by Crippen LogP contribution is -1.95. The van der Waals surface area contributed by atoms with Crippen LogP contribution < -0.4 is 0 Å². The zero-order chi connectivity index (χ0) is 26.6. The lowest BCUT2D eigenvalue weighted by molar-refractivity contribution is -0.384. The Bertz CT molecular complexity index is 1690. The van der Waals surface area contributed by atoms with Gasteiger partial charge in [0, 0.05) is 49.9 Å². The van der Waals surface area contributed by atoms with Gasteiger partial charge in [0.2, 0.25) is 5.12 Å². The van der Waals surface area contributed by atoms with Crippen molar-refractivity contribution >= 4 is 34.2 Å². The van der Waals surface area contributed by atoms with Gasteiger partial charge < -0.3 is 4.42 Å². The Labute approximate surface area is 227 Å². The van der Waals surface area contributed by atoms with Crippen molar-refractivity contribution in [1.82, 2.24) is 0 Å². The zero-order valence-corrected chi connectivity index (χ0v) is 21.2. The van der Waals surface area contributed by atoms with Crippen LogP contribution in [0.4, 0.5) is 5.69 Å². The number of nitro groups is 1. The minimum Gasteiger partial charge on any atom is -0.454 e. The van der Waals surface area contributed by atoms with Gasteiger partial charge in [-0.15, -0.1) is 0 Å². The third-order valence-electron chi connectivity index (χ3n) is 5.84. The number of hydrogen-bond donors (Lipinski definition) is 0. The molecular weight excluding hydrogens is 520 g/mol. The van der Waals surface area contributed by atoms with Gasteiger partial charge >= 0.3 is 0 Å². The first-order valence-electron chi connectivity index (χ1n) is 11.4. The Kier molecular flexibility index (Phi) is 7.09. The highest BCUT2D eigenvalue weighted by molar-refractivity contribution is 8.14. The molecule has 0 radical (unpaired) electrons. The topological polar surface area (TPSA) is 97.1 Å². The Morgan fingerprint density at radius 3 is 2.13 bits per heavy atom. The fraction of sp³-hybridized carbons (Fsp3) is 0. The summed E-state index contributed by atoms with van der Waals surface area (Å²) in [5.41, 5.74) is 3.14. The predicted octanol–water partition coefficient (Wildman–Crippen LogP) is 8.65. The molecule has 0 N–H and O–H groups in total. The highest BCUT2D eigenvalue weighted by atomic mass is 35.5. The lowest BCUT2D eigenvalue weighted by Gasteiger charge is -2.10. The van der Waals surface area contributed by atoms with E-state index in [9.17, 15) is 20.2 Å². The molecule has 0 saturated carbocycles. The summed E-state index contributed by atoms with van der Waals surface area (Å²) in [6.45, 7) is 0. The molecule has 0 spiro atoms. The van der Waals surface area contributed by atoms with Crippen LogP contribution in [0.25, 0.3) is 33.8 Å². The van der Waals surface area contributed by atoms with E-state index < -0.39 is 4.92 Å². The van der Waals surface area contributed by atoms with Gasteiger partial charge in [0.1, 0.15) is 17.4 Å². The van der Waals surface area contributed by atoms with Crippen LogP contribution in [-0.4, -0.2) is 10.0 Å². The SMILES string of the molecule is N#Cc1c(-c2ccccc2)oc(-c2ccc([N+](=O)[O-])cc2)c1-c1ccccc1SC(=O)c1ccc(Cl)cc1. The van der Waals surface area contributed by atoms with E-state index >= 15 is 0 Å². The number of carbonyl (C=O) groups excluding carboxylic acids is 1. The second-order valence-corrected chi connectivity index (χ2v) is 9.64. The summed E-state index contributed by atoms with van der Waals surface area (Å²) in [5, 5.41) is 21.8. The molecule has 184 valence electrons. The smallest absolute Gasteiger partial charge is 0.269 e. The van der Waals surface area contributed by atoms with Crippen LogP contribution in [0.5, 0.6) is 0 Å². The summed E-state index contributed by atoms with van der Waals surface area (Å²) < 4.78 is 6.32. The first kappa shape index (κ1) is 25.0. The molecule has 0 bridgehead atoms. The Balaban J connectivity index is 1.69. The predicted molar refractivity (Wildman–Crippen MR) is 148 cm³/mol. The molecular formula is C30H17ClN2O4S. The maximum atomic E-state index is 13.1. The van der Waals surface area contributed by atoms with E-state index in [1.54, 1.807) is 36.4 Å². The molecule has 38 heavy (non-hydrogen) atoms. The molecule has 6 nitrogen and oxygen atoms in total. The zero-order valence-electron chi connectivity index (χ0n) is 19.6. The number of carbonyl (C=O) groups is 1. The number of nitro benzene ring substituents is 1. The van der Waals surface area contributed by atoms with Gasteiger partial charge in [0.15, 0.2) is 5.76 Å². The molecule has 0 fully saturated rings. The van der Waals surface area contributed by atoms with Crippen LogP contribution in [0.15, 0.2) is 112 Å². The summed E-state index contributed by atoms with van der Waals surface area (Å²) in [5.74, 6) is 0.752. The first-order chi connectivity index (χ1) is 18.5. The van der Waals surface area contributed by atoms with E-state index in [0.29, 0.717) is 54.8 Å². The number of nitriles is 1. The van der Waals surface area contributed by atoms with E-state index in [0.717, 1.165) is 11.8 Å². The fourth-order valence-electron chi connectivity index (χ4n) is 4.03. The van der Waals surface area contributed by atoms with Crippen molar-refractivity contribution in [2.75, 3.05) is 0 Å². The molecule has 0 amide bonds. The molecule has 5 aromatic rings. The highest BCUT2D eigenvalue weighted by Gasteiger charge is 2.26. The maximum Gasteiger partial charge on any atom is 0.269 e. The quantitative estimate of drug-likeness (QED) is 0.122. The summed E-state index contributed by atoms with van der Waals surface area (Å²) >= 11 is 7.01. The minimum atomic E-state index is -0.475. The Morgan fingerprint density at radius 2 is 1.47 bits per heavy atom. The molecule has 4 aromatic carbocycles. The second kappa shape index (κ2) is 10.8. The van der Waals surface area contributed by atoms with Gasteiger partial charge in [-0.3, -0.25) is 14.9 Å². The standard InChI is InChI=1S/C30H17ClN2O4S/c31-22-14-10-21(11-15-22)30(34)38-26-9-5-4-8-24(26)27-25(18-32)28(19-6-2-1-3-7-19)37-29(27)20-12-16-23(17-13-20)33(35)36/h1-17H. The van der Waals surface area contributed by atoms with Crippen molar-refractivity contribution in [3.8, 4) is 39.8 Å². The maximum absolute atomic E-state index is 13.1. The summed E-state index contributed by atoms with van der Waals surface area (Å²) in [6, 6.07) is 31.4. The van der Waals surface area contributed by atoms with Gasteiger partial charge in [-0.1, -0.05) is 60.1 Å². The first-order valence-corrected chi connectivity index (χ1v) is 12.6. The number of furan rings is 1. The Hall–Kier alpha value is -4.64. The number of rotatable bonds is 6. The average Bonchev–Trinajstić information content (AvgIpc) is 3.33. The molecule has 5 rings (SSSR count). The van der Waals surface area contributed by atoms with Gasteiger partial charge in [0.05, 0.1) is 4.92 Å². The van der Waals surface area contributed by atoms with Crippen molar-refractivity contribution in [1.29, 1.82) is 5.26 Å². The van der Waals surface area contributed by atoms with Crippen LogP contribution in [-0.2, 0) is 0 Å². The summed E-state index contributed by atoms with van der Waals surface area (Å²) in [6.07, 6.45) is 0. The van der Waals surface area contributed by atoms with Gasteiger partial charge in [-0.25, -0.2) is 0 Å². The van der Waals surface area contributed by atoms with Crippen LogP contribution in [0.2, 0.25) is 5.02 Å². The number of non-ortho nitro benzene ring substituents is 1. The number of thioether (sulfide) groups is 1. The third-order valence-corrected chi connectivity index (χ3v) is 7.08. The van der Waals surface area contributed by atoms with Crippen LogP contribution >= 0.6 is 23.4 Å². The van der Waals surface area contributed by atoms with Crippen LogP contribution in [0.3, 0.4) is 0 Å². The van der Waals surface area contributed by atoms with E-state index in [1.807, 2.05) is 54.6 Å². The molecule has 1 aromatic heterocycles. The lowest BCUT2D eigenvalue weighted by atomic mass is 9.96. The molecule has 0 aliphatic rings. The number of halogens is 1. The van der Waals surface area contributed by atoms with Crippen LogP contribution in [0, 0.1) is 21.4 Å². The van der Waals surface area contributed by atoms with E-state index in [4.69, 9.17) is 16.0 Å². The fourth-order valence-corrected chi connectivity index (χ4v) is 5.04. The molecule has 0 aliphatic heterocycles. The molecule has 8 heteroatoms. The molecule has 0 atom stereocenters. The van der Waals surface area contributed by atoms with Gasteiger partial charge in [-0.05, 0) is 54.2 Å². The average molecular weight is 537 g/mol. The van der Waals surface area contributed by atoms with Crippen molar-refractivity contribution in [3.63, 3.8) is 0 Å². The van der Waals surface area contributed by atoms with E-state index in [2.05, 4.69) is 6.07 Å². The molecule has 0 aliphatic carbocycles.